The van der Waals surface area contributed by atoms with Crippen molar-refractivity contribution in [1.82, 2.24) is 5.32 Å². The van der Waals surface area contributed by atoms with Crippen molar-refractivity contribution in [2.24, 2.45) is 5.73 Å². The molecule has 0 spiro atoms. The molecule has 0 fully saturated rings. The molecule has 1 aromatic rings. The molecule has 0 aliphatic carbocycles. The highest BCUT2D eigenvalue weighted by Crippen LogP contribution is 2.32. The van der Waals surface area contributed by atoms with E-state index in [-0.39, 0.29) is 0 Å². The first-order valence-electron chi connectivity index (χ1n) is 4.57. The molecule has 1 unspecified atom stereocenters. The first-order chi connectivity index (χ1) is 8.31. The number of imide groups is 1. The van der Waals surface area contributed by atoms with Gasteiger partial charge in [0, 0.05) is 4.47 Å². The molecule has 3 amide bonds. The maximum absolute atomic E-state index is 11.7. The van der Waals surface area contributed by atoms with Crippen LogP contribution in [0.3, 0.4) is 0 Å². The van der Waals surface area contributed by atoms with Gasteiger partial charge in [-0.25, -0.2) is 9.59 Å². The number of nitrogens with one attached hydrogen (secondary N) is 1. The maximum atomic E-state index is 11.7. The van der Waals surface area contributed by atoms with Crippen molar-refractivity contribution < 1.29 is 19.1 Å². The molecule has 0 bridgehead atoms. The number of nitrogens with two attached hydrogens (primary N) is 1. The van der Waals surface area contributed by atoms with Crippen LogP contribution in [-0.4, -0.2) is 24.0 Å². The van der Waals surface area contributed by atoms with Gasteiger partial charge >= 0.3 is 12.0 Å². The molecule has 98 valence electrons. The molecule has 9 heteroatoms. The zero-order valence-corrected chi connectivity index (χ0v) is 13.0. The molecule has 1 aromatic heterocycles. The van der Waals surface area contributed by atoms with Crippen molar-refractivity contribution >= 4 is 61.1 Å². The van der Waals surface area contributed by atoms with Gasteiger partial charge in [-0.2, -0.15) is 0 Å². The van der Waals surface area contributed by atoms with E-state index in [9.17, 15) is 14.4 Å². The predicted octanol–water partition coefficient (Wildman–Crippen LogP) is 2.01. The van der Waals surface area contributed by atoms with Gasteiger partial charge in [-0.1, -0.05) is 0 Å². The van der Waals surface area contributed by atoms with E-state index in [0.717, 1.165) is 15.1 Å². The third kappa shape index (κ3) is 4.07. The highest BCUT2D eigenvalue weighted by molar-refractivity contribution is 9.13. The summed E-state index contributed by atoms with van der Waals surface area (Å²) in [5, 5.41) is 1.82. The monoisotopic (exact) mass is 398 g/mol. The molecule has 0 radical (unpaired) electrons. The topological polar surface area (TPSA) is 98.5 Å². The fourth-order valence-corrected chi connectivity index (χ4v) is 2.86. The lowest BCUT2D eigenvalue weighted by Gasteiger charge is -2.10. The number of primary amides is 1. The summed E-state index contributed by atoms with van der Waals surface area (Å²) in [5.41, 5.74) is 4.77. The Kier molecular flexibility index (Phi) is 5.29. The molecular weight excluding hydrogens is 392 g/mol. The number of ether oxygens (including phenoxy) is 1. The second kappa shape index (κ2) is 6.30. The average Bonchev–Trinajstić information content (AvgIpc) is 2.58. The van der Waals surface area contributed by atoms with E-state index in [1.807, 2.05) is 5.32 Å². The lowest BCUT2D eigenvalue weighted by atomic mass is 10.3. The fraction of sp³-hybridized carbons (Fsp3) is 0.222. The Morgan fingerprint density at radius 2 is 2.06 bits per heavy atom. The second-order valence-electron chi connectivity index (χ2n) is 3.13. The SMILES string of the molecule is CC(OC(=O)c1cc(Br)c(Br)s1)C(=O)NC(N)=O. The third-order valence-electron chi connectivity index (χ3n) is 1.75. The summed E-state index contributed by atoms with van der Waals surface area (Å²) >= 11 is 7.63. The van der Waals surface area contributed by atoms with Gasteiger partial charge < -0.3 is 10.5 Å². The molecule has 0 saturated carbocycles. The van der Waals surface area contributed by atoms with Crippen molar-refractivity contribution in [1.29, 1.82) is 0 Å². The van der Waals surface area contributed by atoms with E-state index in [1.54, 1.807) is 6.07 Å². The summed E-state index contributed by atoms with van der Waals surface area (Å²) in [6.45, 7) is 1.34. The quantitative estimate of drug-likeness (QED) is 0.759. The normalized spacial score (nSPS) is 11.7. The summed E-state index contributed by atoms with van der Waals surface area (Å²) in [6, 6.07) is 0.569. The Bertz CT molecular complexity index is 483. The van der Waals surface area contributed by atoms with E-state index in [1.165, 1.54) is 6.92 Å². The number of carbonyl (C=O) groups excluding carboxylic acids is 3. The zero-order valence-electron chi connectivity index (χ0n) is 9.03. The van der Waals surface area contributed by atoms with Gasteiger partial charge in [-0.15, -0.1) is 11.3 Å². The number of hydrogen-bond donors (Lipinski definition) is 2. The van der Waals surface area contributed by atoms with Crippen LogP contribution in [0.5, 0.6) is 0 Å². The maximum Gasteiger partial charge on any atom is 0.349 e. The van der Waals surface area contributed by atoms with Gasteiger partial charge in [0.1, 0.15) is 4.88 Å². The molecule has 0 saturated heterocycles. The Balaban J connectivity index is 2.64. The van der Waals surface area contributed by atoms with Gasteiger partial charge in [0.2, 0.25) is 0 Å². The van der Waals surface area contributed by atoms with E-state index in [2.05, 4.69) is 31.9 Å². The minimum atomic E-state index is -1.11. The van der Waals surface area contributed by atoms with Crippen molar-refractivity contribution in [3.05, 3.63) is 19.2 Å². The average molecular weight is 400 g/mol. The van der Waals surface area contributed by atoms with Crippen LogP contribution in [0.25, 0.3) is 0 Å². The van der Waals surface area contributed by atoms with E-state index in [4.69, 9.17) is 10.5 Å². The molecule has 0 aliphatic heterocycles. The Labute approximate surface area is 123 Å². The molecule has 3 N–H and O–H groups in total. The number of esters is 1. The first kappa shape index (κ1) is 15.1. The Morgan fingerprint density at radius 3 is 2.50 bits per heavy atom. The Morgan fingerprint density at radius 1 is 1.44 bits per heavy atom. The minimum Gasteiger partial charge on any atom is -0.448 e. The predicted molar refractivity (Wildman–Crippen MR) is 72.3 cm³/mol. The molecule has 1 heterocycles. The zero-order chi connectivity index (χ0) is 13.9. The van der Waals surface area contributed by atoms with Crippen LogP contribution in [0.4, 0.5) is 4.79 Å². The van der Waals surface area contributed by atoms with Gasteiger partial charge in [0.05, 0.1) is 3.79 Å². The summed E-state index contributed by atoms with van der Waals surface area (Å²) < 4.78 is 6.33. The van der Waals surface area contributed by atoms with E-state index in [0.29, 0.717) is 9.35 Å². The van der Waals surface area contributed by atoms with Gasteiger partial charge in [0.15, 0.2) is 6.10 Å². The van der Waals surface area contributed by atoms with E-state index >= 15 is 0 Å². The Hall–Kier alpha value is -0.930. The number of rotatable bonds is 3. The highest BCUT2D eigenvalue weighted by atomic mass is 79.9. The van der Waals surface area contributed by atoms with Crippen LogP contribution in [-0.2, 0) is 9.53 Å². The lowest BCUT2D eigenvalue weighted by molar-refractivity contribution is -0.127. The van der Waals surface area contributed by atoms with Crippen LogP contribution >= 0.6 is 43.2 Å². The van der Waals surface area contributed by atoms with Crippen LogP contribution in [0, 0.1) is 0 Å². The molecular formula is C9H8Br2N2O4S. The standard InChI is InChI=1S/C9H8Br2N2O4S/c1-3(7(14)13-9(12)16)17-8(15)5-2-4(10)6(11)18-5/h2-3H,1H3,(H3,12,13,14,16). The number of hydrogen-bond acceptors (Lipinski definition) is 5. The van der Waals surface area contributed by atoms with Gasteiger partial charge in [-0.3, -0.25) is 10.1 Å². The largest absolute Gasteiger partial charge is 0.448 e. The third-order valence-corrected chi connectivity index (χ3v) is 4.98. The number of carbonyl (C=O) groups is 3. The number of halogens is 2. The fourth-order valence-electron chi connectivity index (χ4n) is 0.942. The van der Waals surface area contributed by atoms with Crippen LogP contribution in [0.15, 0.2) is 14.3 Å². The van der Waals surface area contributed by atoms with Crippen LogP contribution < -0.4 is 11.1 Å². The van der Waals surface area contributed by atoms with Crippen LogP contribution in [0.2, 0.25) is 0 Å². The molecule has 6 nitrogen and oxygen atoms in total. The molecule has 18 heavy (non-hydrogen) atoms. The van der Waals surface area contributed by atoms with Crippen molar-refractivity contribution in [2.75, 3.05) is 0 Å². The first-order valence-corrected chi connectivity index (χ1v) is 6.97. The summed E-state index contributed by atoms with van der Waals surface area (Å²) in [4.78, 5) is 33.7. The molecule has 0 aromatic carbocycles. The minimum absolute atomic E-state index is 0.326. The molecule has 0 aliphatic rings. The summed E-state index contributed by atoms with van der Waals surface area (Å²) in [7, 11) is 0. The van der Waals surface area contributed by atoms with Crippen molar-refractivity contribution in [2.45, 2.75) is 13.0 Å². The molecule has 1 rings (SSSR count). The van der Waals surface area contributed by atoms with E-state index < -0.39 is 24.0 Å². The van der Waals surface area contributed by atoms with Gasteiger partial charge in [-0.05, 0) is 44.8 Å². The summed E-state index contributed by atoms with van der Waals surface area (Å²) in [6.07, 6.45) is -1.11. The second-order valence-corrected chi connectivity index (χ2v) is 6.36. The molecule has 1 atom stereocenters. The van der Waals surface area contributed by atoms with Crippen LogP contribution in [0.1, 0.15) is 16.6 Å². The van der Waals surface area contributed by atoms with Crippen molar-refractivity contribution in [3.63, 3.8) is 0 Å². The number of urea groups is 1. The summed E-state index contributed by atoms with van der Waals surface area (Å²) in [5.74, 6) is -1.43. The number of amides is 3. The number of thiophene rings is 1. The van der Waals surface area contributed by atoms with Gasteiger partial charge in [0.25, 0.3) is 5.91 Å². The van der Waals surface area contributed by atoms with Crippen molar-refractivity contribution in [3.8, 4) is 0 Å². The lowest BCUT2D eigenvalue weighted by Crippen LogP contribution is -2.42. The smallest absolute Gasteiger partial charge is 0.349 e. The highest BCUT2D eigenvalue weighted by Gasteiger charge is 2.21.